The number of aliphatic hydroxyl groups excluding tert-OH is 1. The van der Waals surface area contributed by atoms with E-state index in [0.29, 0.717) is 0 Å². The number of halogens is 4. The number of allylic oxidation sites excluding steroid dienone is 2. The molecule has 0 aromatic carbocycles. The molecule has 0 saturated carbocycles. The van der Waals surface area contributed by atoms with Crippen molar-refractivity contribution >= 4 is 52.4 Å². The van der Waals surface area contributed by atoms with Crippen molar-refractivity contribution in [1.29, 1.82) is 0 Å². The first-order valence-electron chi connectivity index (χ1n) is 3.35. The molecule has 2 unspecified atom stereocenters. The lowest BCUT2D eigenvalue weighted by Gasteiger charge is -2.30. The third kappa shape index (κ3) is 1.64. The van der Waals surface area contributed by atoms with Gasteiger partial charge in [-0.15, -0.1) is 0 Å². The van der Waals surface area contributed by atoms with Gasteiger partial charge in [0.15, 0.2) is 0 Å². The van der Waals surface area contributed by atoms with Crippen LogP contribution in [-0.4, -0.2) is 27.2 Å². The van der Waals surface area contributed by atoms with Crippen LogP contribution in [0.25, 0.3) is 0 Å². The van der Waals surface area contributed by atoms with Gasteiger partial charge in [-0.1, -0.05) is 46.4 Å². The van der Waals surface area contributed by atoms with Crippen molar-refractivity contribution in [2.45, 2.75) is 11.0 Å². The predicted molar refractivity (Wildman–Crippen MR) is 54.9 cm³/mol. The zero-order valence-electron chi connectivity index (χ0n) is 6.47. The maximum atomic E-state index is 10.8. The lowest BCUT2D eigenvalue weighted by atomic mass is 9.96. The summed E-state index contributed by atoms with van der Waals surface area (Å²) in [5.74, 6) is -1.49. The third-order valence-electron chi connectivity index (χ3n) is 1.76. The summed E-state index contributed by atoms with van der Waals surface area (Å²) in [5.41, 5.74) is 0. The summed E-state index contributed by atoms with van der Waals surface area (Å²) in [6.07, 6.45) is -0.562. The molecule has 78 valence electrons. The molecule has 3 nitrogen and oxygen atoms in total. The van der Waals surface area contributed by atoms with Crippen LogP contribution in [0.15, 0.2) is 21.2 Å². The SMILES string of the molecule is O=C(O)C1(Cl)C(Cl)=CC(Cl)=C(Cl)C1O. The van der Waals surface area contributed by atoms with Crippen molar-refractivity contribution in [3.63, 3.8) is 0 Å². The number of hydrogen-bond donors (Lipinski definition) is 2. The molecule has 2 N–H and O–H groups in total. The van der Waals surface area contributed by atoms with Gasteiger partial charge in [-0.05, 0) is 6.08 Å². The van der Waals surface area contributed by atoms with Crippen molar-refractivity contribution in [2.24, 2.45) is 0 Å². The van der Waals surface area contributed by atoms with Gasteiger partial charge < -0.3 is 10.2 Å². The number of aliphatic carboxylic acids is 1. The van der Waals surface area contributed by atoms with E-state index in [1.165, 1.54) is 0 Å². The minimum absolute atomic E-state index is 0.0262. The van der Waals surface area contributed by atoms with E-state index in [2.05, 4.69) is 0 Å². The van der Waals surface area contributed by atoms with E-state index >= 15 is 0 Å². The lowest BCUT2D eigenvalue weighted by molar-refractivity contribution is -0.141. The van der Waals surface area contributed by atoms with Gasteiger partial charge in [-0.2, -0.15) is 0 Å². The van der Waals surface area contributed by atoms with Crippen LogP contribution >= 0.6 is 46.4 Å². The molecule has 0 heterocycles. The Bertz CT molecular complexity index is 349. The predicted octanol–water partition coefficient (Wildman–Crippen LogP) is 2.24. The summed E-state index contributed by atoms with van der Waals surface area (Å²) in [4.78, 5) is 8.65. The lowest BCUT2D eigenvalue weighted by Crippen LogP contribution is -2.46. The Morgan fingerprint density at radius 2 is 1.93 bits per heavy atom. The van der Waals surface area contributed by atoms with E-state index < -0.39 is 16.9 Å². The molecule has 0 fully saturated rings. The minimum atomic E-state index is -2.16. The highest BCUT2D eigenvalue weighted by Gasteiger charge is 2.50. The van der Waals surface area contributed by atoms with E-state index in [4.69, 9.17) is 51.5 Å². The van der Waals surface area contributed by atoms with Gasteiger partial charge in [0, 0.05) is 0 Å². The number of alkyl halides is 1. The van der Waals surface area contributed by atoms with Crippen LogP contribution in [0, 0.1) is 0 Å². The number of carboxylic acids is 1. The molecule has 0 spiro atoms. The number of carboxylic acid groups (broad SMARTS) is 1. The van der Waals surface area contributed by atoms with Crippen molar-refractivity contribution in [1.82, 2.24) is 0 Å². The van der Waals surface area contributed by atoms with Gasteiger partial charge in [0.05, 0.1) is 15.1 Å². The highest BCUT2D eigenvalue weighted by molar-refractivity contribution is 6.50. The molecular weight excluding hydrogens is 274 g/mol. The maximum absolute atomic E-state index is 10.8. The molecule has 0 aliphatic heterocycles. The molecule has 0 amide bonds. The van der Waals surface area contributed by atoms with E-state index in [-0.39, 0.29) is 15.1 Å². The minimum Gasteiger partial charge on any atom is -0.480 e. The number of aliphatic hydroxyl groups is 1. The molecule has 1 rings (SSSR count). The van der Waals surface area contributed by atoms with Gasteiger partial charge in [0.1, 0.15) is 6.10 Å². The summed E-state index contributed by atoms with van der Waals surface area (Å²) in [6, 6.07) is 0. The standard InChI is InChI=1S/C7H4Cl4O3/c8-2-1-3(9)7(11,6(13)14)5(12)4(2)10/h1,5,12H,(H,13,14). The molecule has 14 heavy (non-hydrogen) atoms. The Morgan fingerprint density at radius 3 is 2.36 bits per heavy atom. The summed E-state index contributed by atoms with van der Waals surface area (Å²) < 4.78 is 0. The number of rotatable bonds is 1. The smallest absolute Gasteiger partial charge is 0.333 e. The largest absolute Gasteiger partial charge is 0.480 e. The Labute approximate surface area is 99.5 Å². The number of hydrogen-bond acceptors (Lipinski definition) is 2. The van der Waals surface area contributed by atoms with Crippen molar-refractivity contribution in [2.75, 3.05) is 0 Å². The summed E-state index contributed by atoms with van der Waals surface area (Å²) >= 11 is 22.4. The van der Waals surface area contributed by atoms with Crippen LogP contribution in [-0.2, 0) is 4.79 Å². The third-order valence-corrected chi connectivity index (χ3v) is 3.65. The van der Waals surface area contributed by atoms with Crippen LogP contribution < -0.4 is 0 Å². The van der Waals surface area contributed by atoms with Crippen molar-refractivity contribution in [3.8, 4) is 0 Å². The monoisotopic (exact) mass is 276 g/mol. The number of carbonyl (C=O) groups is 1. The Balaban J connectivity index is 3.29. The molecular formula is C7H4Cl4O3. The topological polar surface area (TPSA) is 57.5 Å². The second-order valence-electron chi connectivity index (χ2n) is 2.61. The van der Waals surface area contributed by atoms with Crippen LogP contribution in [0.1, 0.15) is 0 Å². The van der Waals surface area contributed by atoms with Crippen LogP contribution in [0.2, 0.25) is 0 Å². The summed E-state index contributed by atoms with van der Waals surface area (Å²) in [7, 11) is 0. The van der Waals surface area contributed by atoms with Crippen molar-refractivity contribution < 1.29 is 15.0 Å². The van der Waals surface area contributed by atoms with E-state index in [1.54, 1.807) is 0 Å². The molecule has 2 atom stereocenters. The Kier molecular flexibility index (Phi) is 3.39. The normalized spacial score (nSPS) is 32.9. The van der Waals surface area contributed by atoms with Gasteiger partial charge in [-0.25, -0.2) is 4.79 Å². The van der Waals surface area contributed by atoms with Crippen molar-refractivity contribution in [3.05, 3.63) is 21.2 Å². The highest BCUT2D eigenvalue weighted by atomic mass is 35.5. The van der Waals surface area contributed by atoms with Crippen LogP contribution in [0.5, 0.6) is 0 Å². The van der Waals surface area contributed by atoms with E-state index in [9.17, 15) is 9.90 Å². The molecule has 0 aromatic heterocycles. The highest BCUT2D eigenvalue weighted by Crippen LogP contribution is 2.42. The molecule has 0 radical (unpaired) electrons. The first kappa shape index (κ1) is 12.1. The summed E-state index contributed by atoms with van der Waals surface area (Å²) in [5, 5.41) is 17.7. The van der Waals surface area contributed by atoms with Crippen LogP contribution in [0.4, 0.5) is 0 Å². The average molecular weight is 278 g/mol. The zero-order valence-corrected chi connectivity index (χ0v) is 9.49. The first-order chi connectivity index (χ1) is 6.31. The second kappa shape index (κ2) is 3.91. The fourth-order valence-corrected chi connectivity index (χ4v) is 1.94. The van der Waals surface area contributed by atoms with Gasteiger partial charge in [-0.3, -0.25) is 0 Å². The molecule has 0 bridgehead atoms. The fourth-order valence-electron chi connectivity index (χ4n) is 0.940. The Morgan fingerprint density at radius 1 is 1.43 bits per heavy atom. The average Bonchev–Trinajstić information content (AvgIpc) is 2.11. The molecule has 0 aromatic rings. The first-order valence-corrected chi connectivity index (χ1v) is 4.86. The molecule has 7 heteroatoms. The molecule has 1 aliphatic rings. The van der Waals surface area contributed by atoms with E-state index in [0.717, 1.165) is 6.08 Å². The maximum Gasteiger partial charge on any atom is 0.333 e. The van der Waals surface area contributed by atoms with Gasteiger partial charge in [0.2, 0.25) is 4.87 Å². The Hall–Kier alpha value is 0.0700. The molecule has 1 aliphatic carbocycles. The second-order valence-corrected chi connectivity index (χ2v) is 4.43. The van der Waals surface area contributed by atoms with Crippen LogP contribution in [0.3, 0.4) is 0 Å². The van der Waals surface area contributed by atoms with Gasteiger partial charge >= 0.3 is 5.97 Å². The summed E-state index contributed by atoms with van der Waals surface area (Å²) in [6.45, 7) is 0. The van der Waals surface area contributed by atoms with Gasteiger partial charge in [0.25, 0.3) is 0 Å². The zero-order chi connectivity index (χ0) is 11.1. The quantitative estimate of drug-likeness (QED) is 0.723. The van der Waals surface area contributed by atoms with E-state index in [1.807, 2.05) is 0 Å². The fraction of sp³-hybridized carbons (Fsp3) is 0.286. The molecule has 0 saturated heterocycles.